The molecule has 0 radical (unpaired) electrons. The van der Waals surface area contributed by atoms with Crippen LogP contribution in [0.2, 0.25) is 0 Å². The van der Waals surface area contributed by atoms with Crippen LogP contribution in [0.4, 0.5) is 0 Å². The molecule has 7 atom stereocenters. The molecule has 1 fully saturated rings. The molecule has 2 rings (SSSR count). The number of hydrogen-bond acceptors (Lipinski definition) is 6. The van der Waals surface area contributed by atoms with Crippen LogP contribution in [-0.2, 0) is 4.74 Å². The lowest BCUT2D eigenvalue weighted by Crippen LogP contribution is -2.56. The van der Waals surface area contributed by atoms with Crippen LogP contribution in [-0.4, -0.2) is 51.8 Å². The molecule has 7 nitrogen and oxygen atoms in total. The van der Waals surface area contributed by atoms with Crippen LogP contribution in [0.25, 0.3) is 0 Å². The molecule has 0 spiro atoms. The second kappa shape index (κ2) is 5.36. The zero-order valence-electron chi connectivity index (χ0n) is 10.8. The lowest BCUT2D eigenvalue weighted by Gasteiger charge is -2.43. The summed E-state index contributed by atoms with van der Waals surface area (Å²) in [6.45, 7) is 3.37. The third kappa shape index (κ3) is 2.54. The zero-order valence-corrected chi connectivity index (χ0v) is 10.8. The highest BCUT2D eigenvalue weighted by Gasteiger charge is 2.47. The molecule has 19 heavy (non-hydrogen) atoms. The van der Waals surface area contributed by atoms with Crippen molar-refractivity contribution in [3.8, 4) is 0 Å². The van der Waals surface area contributed by atoms with Crippen LogP contribution >= 0.6 is 0 Å². The summed E-state index contributed by atoms with van der Waals surface area (Å²) in [5.74, 6) is -0.887. The second-order valence-electron chi connectivity index (χ2n) is 5.14. The maximum atomic E-state index is 11.1. The lowest BCUT2D eigenvalue weighted by molar-refractivity contribution is -0.512. The maximum Gasteiger partial charge on any atom is 0.256 e. The number of aliphatic hydroxyl groups excluding tert-OH is 2. The van der Waals surface area contributed by atoms with Gasteiger partial charge in [0.2, 0.25) is 0 Å². The van der Waals surface area contributed by atoms with Crippen molar-refractivity contribution in [1.82, 2.24) is 0 Å². The van der Waals surface area contributed by atoms with Gasteiger partial charge in [0.1, 0.15) is 6.10 Å². The zero-order chi connectivity index (χ0) is 14.2. The van der Waals surface area contributed by atoms with E-state index in [-0.39, 0.29) is 0 Å². The molecule has 0 bridgehead atoms. The van der Waals surface area contributed by atoms with Crippen LogP contribution in [0.1, 0.15) is 13.8 Å². The van der Waals surface area contributed by atoms with Gasteiger partial charge in [-0.05, 0) is 6.92 Å². The summed E-state index contributed by atoms with van der Waals surface area (Å²) >= 11 is 0. The standard InChI is InChI=1S/C12H18N2O5/c1-6-10(15)11(16)7(2)19-12(6)8-3-4-13-5-9(8)14(17)18/h3-12,15-16H,1-2H3/t6-,7+,8?,9?,10+,11+,12+/m0/s1. The molecule has 1 saturated heterocycles. The Bertz CT molecular complexity index is 411. The quantitative estimate of drug-likeness (QED) is 0.542. The first kappa shape index (κ1) is 14.1. The monoisotopic (exact) mass is 270 g/mol. The maximum absolute atomic E-state index is 11.1. The fourth-order valence-corrected chi connectivity index (χ4v) is 2.68. The van der Waals surface area contributed by atoms with Crippen LogP contribution in [0.5, 0.6) is 0 Å². The first-order valence-electron chi connectivity index (χ1n) is 6.28. The minimum absolute atomic E-state index is 0.394. The molecule has 2 unspecified atom stereocenters. The first-order chi connectivity index (χ1) is 8.93. The lowest BCUT2D eigenvalue weighted by atomic mass is 9.79. The van der Waals surface area contributed by atoms with Crippen molar-refractivity contribution in [2.24, 2.45) is 16.8 Å². The third-order valence-corrected chi connectivity index (χ3v) is 3.91. The molecule has 2 heterocycles. The normalized spacial score (nSPS) is 46.2. The Labute approximate surface area is 110 Å². The molecule has 0 aromatic heterocycles. The molecule has 0 amide bonds. The van der Waals surface area contributed by atoms with E-state index in [0.717, 1.165) is 0 Å². The number of hydrogen-bond donors (Lipinski definition) is 2. The number of ether oxygens (including phenoxy) is 1. The van der Waals surface area contributed by atoms with Gasteiger partial charge in [0.25, 0.3) is 6.04 Å². The van der Waals surface area contributed by atoms with E-state index < -0.39 is 47.2 Å². The summed E-state index contributed by atoms with van der Waals surface area (Å²) < 4.78 is 5.67. The van der Waals surface area contributed by atoms with Crippen molar-refractivity contribution < 1.29 is 19.9 Å². The van der Waals surface area contributed by atoms with Gasteiger partial charge in [-0.25, -0.2) is 0 Å². The van der Waals surface area contributed by atoms with E-state index >= 15 is 0 Å². The average molecular weight is 270 g/mol. The molecule has 7 heteroatoms. The first-order valence-corrected chi connectivity index (χ1v) is 6.28. The molecule has 0 aromatic carbocycles. The fourth-order valence-electron chi connectivity index (χ4n) is 2.68. The molecule has 0 aromatic rings. The van der Waals surface area contributed by atoms with Crippen molar-refractivity contribution in [2.45, 2.75) is 44.3 Å². The number of aliphatic hydroxyl groups is 2. The van der Waals surface area contributed by atoms with E-state index in [1.54, 1.807) is 19.9 Å². The highest BCUT2D eigenvalue weighted by atomic mass is 16.6. The van der Waals surface area contributed by atoms with Crippen molar-refractivity contribution in [3.63, 3.8) is 0 Å². The average Bonchev–Trinajstić information content (AvgIpc) is 2.40. The van der Waals surface area contributed by atoms with Gasteiger partial charge in [0, 0.05) is 17.0 Å². The minimum Gasteiger partial charge on any atom is -0.390 e. The van der Waals surface area contributed by atoms with E-state index in [9.17, 15) is 20.3 Å². The Morgan fingerprint density at radius 2 is 2.00 bits per heavy atom. The summed E-state index contributed by atoms with van der Waals surface area (Å²) in [5.41, 5.74) is 0. The van der Waals surface area contributed by atoms with E-state index in [1.165, 1.54) is 12.4 Å². The summed E-state index contributed by atoms with van der Waals surface area (Å²) in [6, 6.07) is -0.966. The Balaban J connectivity index is 2.22. The largest absolute Gasteiger partial charge is 0.390 e. The second-order valence-corrected chi connectivity index (χ2v) is 5.14. The van der Waals surface area contributed by atoms with Gasteiger partial charge >= 0.3 is 0 Å². The van der Waals surface area contributed by atoms with Gasteiger partial charge in [-0.3, -0.25) is 15.1 Å². The molecule has 0 aliphatic carbocycles. The van der Waals surface area contributed by atoms with Gasteiger partial charge in [-0.15, -0.1) is 0 Å². The minimum atomic E-state index is -0.971. The highest BCUT2D eigenvalue weighted by molar-refractivity contribution is 5.66. The predicted octanol–water partition coefficient (Wildman–Crippen LogP) is -0.00880. The molecule has 2 aliphatic rings. The topological polar surface area (TPSA) is 105 Å². The summed E-state index contributed by atoms with van der Waals surface area (Å²) in [6.07, 6.45) is 1.41. The number of nitro groups is 1. The molecule has 2 N–H and O–H groups in total. The predicted molar refractivity (Wildman–Crippen MR) is 67.4 cm³/mol. The molecular weight excluding hydrogens is 252 g/mol. The number of aliphatic imine (C=N–C) groups is 1. The van der Waals surface area contributed by atoms with Crippen molar-refractivity contribution in [2.75, 3.05) is 0 Å². The van der Waals surface area contributed by atoms with Crippen molar-refractivity contribution in [3.05, 3.63) is 22.4 Å². The Morgan fingerprint density at radius 3 is 2.63 bits per heavy atom. The molecular formula is C12H18N2O5. The van der Waals surface area contributed by atoms with Gasteiger partial charge in [-0.1, -0.05) is 13.0 Å². The fraction of sp³-hybridized carbons (Fsp3) is 0.750. The molecule has 0 saturated carbocycles. The highest BCUT2D eigenvalue weighted by Crippen LogP contribution is 2.33. The van der Waals surface area contributed by atoms with Gasteiger partial charge in [0.15, 0.2) is 0 Å². The van der Waals surface area contributed by atoms with Crippen LogP contribution < -0.4 is 0 Å². The van der Waals surface area contributed by atoms with Gasteiger partial charge in [0.05, 0.1) is 30.4 Å². The number of nitrogens with zero attached hydrogens (tertiary/aromatic N) is 2. The van der Waals surface area contributed by atoms with E-state index in [0.29, 0.717) is 0 Å². The summed E-state index contributed by atoms with van der Waals surface area (Å²) in [5, 5.41) is 30.8. The SMILES string of the molecule is C[C@H]1[C@@H](O)[C@H](O)[C@@H](C)O[C@H]1C1C=CN=CC1[N+](=O)[O-]. The summed E-state index contributed by atoms with van der Waals surface area (Å²) in [4.78, 5) is 14.4. The van der Waals surface area contributed by atoms with Crippen molar-refractivity contribution >= 4 is 6.21 Å². The van der Waals surface area contributed by atoms with Crippen molar-refractivity contribution in [1.29, 1.82) is 0 Å². The van der Waals surface area contributed by atoms with Gasteiger partial charge < -0.3 is 14.9 Å². The third-order valence-electron chi connectivity index (χ3n) is 3.91. The number of rotatable bonds is 2. The van der Waals surface area contributed by atoms with Crippen LogP contribution in [0, 0.1) is 22.0 Å². The van der Waals surface area contributed by atoms with E-state index in [4.69, 9.17) is 4.74 Å². The molecule has 2 aliphatic heterocycles. The Kier molecular flexibility index (Phi) is 3.98. The van der Waals surface area contributed by atoms with Crippen LogP contribution in [0.15, 0.2) is 17.3 Å². The van der Waals surface area contributed by atoms with Crippen LogP contribution in [0.3, 0.4) is 0 Å². The summed E-state index contributed by atoms with van der Waals surface area (Å²) in [7, 11) is 0. The Hall–Kier alpha value is -1.31. The van der Waals surface area contributed by atoms with E-state index in [2.05, 4.69) is 4.99 Å². The smallest absolute Gasteiger partial charge is 0.256 e. The Morgan fingerprint density at radius 1 is 1.32 bits per heavy atom. The van der Waals surface area contributed by atoms with E-state index in [1.807, 2.05) is 0 Å². The molecule has 106 valence electrons. The van der Waals surface area contributed by atoms with Gasteiger partial charge in [-0.2, -0.15) is 0 Å².